The van der Waals surface area contributed by atoms with E-state index in [1.165, 1.54) is 4.52 Å². The normalized spacial score (nSPS) is 10.6. The van der Waals surface area contributed by atoms with E-state index in [-0.39, 0.29) is 5.56 Å². The average Bonchev–Trinajstić information content (AvgIpc) is 2.35. The van der Waals surface area contributed by atoms with E-state index < -0.39 is 0 Å². The van der Waals surface area contributed by atoms with Crippen molar-refractivity contribution in [2.75, 3.05) is 0 Å². The van der Waals surface area contributed by atoms with Crippen LogP contribution >= 0.6 is 15.9 Å². The monoisotopic (exact) mass is 214 g/mol. The van der Waals surface area contributed by atoms with Crippen molar-refractivity contribution in [2.45, 2.75) is 0 Å². The summed E-state index contributed by atoms with van der Waals surface area (Å²) in [7, 11) is 0. The highest BCUT2D eigenvalue weighted by Crippen LogP contribution is 2.11. The third kappa shape index (κ3) is 0.864. The van der Waals surface area contributed by atoms with Gasteiger partial charge in [0.25, 0.3) is 5.56 Å². The van der Waals surface area contributed by atoms with Crippen molar-refractivity contribution < 1.29 is 0 Å². The van der Waals surface area contributed by atoms with Gasteiger partial charge >= 0.3 is 0 Å². The quantitative estimate of drug-likeness (QED) is 0.681. The highest BCUT2D eigenvalue weighted by atomic mass is 79.9. The summed E-state index contributed by atoms with van der Waals surface area (Å²) in [4.78, 5) is 11.0. The molecule has 2 rings (SSSR count). The fourth-order valence-electron chi connectivity index (χ4n) is 0.805. The number of rotatable bonds is 0. The predicted molar refractivity (Wildman–Crippen MR) is 41.3 cm³/mol. The minimum absolute atomic E-state index is 0.222. The Morgan fingerprint density at radius 3 is 3.18 bits per heavy atom. The summed E-state index contributed by atoms with van der Waals surface area (Å²) in [5.74, 6) is 0. The Morgan fingerprint density at radius 1 is 1.64 bits per heavy atom. The molecule has 6 heteroatoms. The zero-order valence-electron chi connectivity index (χ0n) is 5.28. The van der Waals surface area contributed by atoms with Crippen molar-refractivity contribution >= 4 is 21.6 Å². The summed E-state index contributed by atoms with van der Waals surface area (Å²) in [5, 5.41) is 9.96. The lowest BCUT2D eigenvalue weighted by Gasteiger charge is -1.87. The molecular formula is C5H3BrN4O. The Morgan fingerprint density at radius 2 is 2.45 bits per heavy atom. The number of halogens is 1. The van der Waals surface area contributed by atoms with E-state index in [9.17, 15) is 4.79 Å². The molecule has 0 saturated heterocycles. The highest BCUT2D eigenvalue weighted by molar-refractivity contribution is 9.10. The van der Waals surface area contributed by atoms with Crippen molar-refractivity contribution in [1.29, 1.82) is 0 Å². The molecule has 2 aromatic rings. The summed E-state index contributed by atoms with van der Waals surface area (Å²) in [5.41, 5.74) is 0.276. The Labute approximate surface area is 69.2 Å². The SMILES string of the molecule is O=c1cnnc2c(Br)c[nH]n12. The van der Waals surface area contributed by atoms with E-state index in [0.29, 0.717) is 5.65 Å². The first-order valence-electron chi connectivity index (χ1n) is 2.86. The van der Waals surface area contributed by atoms with Gasteiger partial charge in [-0.25, -0.2) is 0 Å². The molecule has 0 aliphatic heterocycles. The summed E-state index contributed by atoms with van der Waals surface area (Å²) in [6.45, 7) is 0. The fourth-order valence-corrected chi connectivity index (χ4v) is 1.16. The molecule has 0 aliphatic carbocycles. The molecule has 0 aromatic carbocycles. The van der Waals surface area contributed by atoms with Crippen LogP contribution in [0.5, 0.6) is 0 Å². The third-order valence-corrected chi connectivity index (χ3v) is 1.87. The highest BCUT2D eigenvalue weighted by Gasteiger charge is 2.01. The average molecular weight is 215 g/mol. The van der Waals surface area contributed by atoms with Crippen molar-refractivity contribution in [2.24, 2.45) is 0 Å². The van der Waals surface area contributed by atoms with Crippen LogP contribution in [0.2, 0.25) is 0 Å². The second kappa shape index (κ2) is 2.16. The second-order valence-electron chi connectivity index (χ2n) is 1.96. The van der Waals surface area contributed by atoms with Gasteiger partial charge in [-0.1, -0.05) is 0 Å². The molecule has 0 atom stereocenters. The van der Waals surface area contributed by atoms with Gasteiger partial charge in [0.05, 0.1) is 4.47 Å². The van der Waals surface area contributed by atoms with E-state index in [1.54, 1.807) is 6.20 Å². The van der Waals surface area contributed by atoms with Gasteiger partial charge in [0.2, 0.25) is 0 Å². The van der Waals surface area contributed by atoms with Crippen molar-refractivity contribution in [3.8, 4) is 0 Å². The van der Waals surface area contributed by atoms with Crippen molar-refractivity contribution in [3.05, 3.63) is 27.2 Å². The van der Waals surface area contributed by atoms with Crippen LogP contribution in [0.4, 0.5) is 0 Å². The summed E-state index contributed by atoms with van der Waals surface area (Å²) in [6.07, 6.45) is 2.78. The fraction of sp³-hybridized carbons (Fsp3) is 0. The van der Waals surface area contributed by atoms with Gasteiger partial charge in [0, 0.05) is 6.20 Å². The van der Waals surface area contributed by atoms with Gasteiger partial charge in [0.1, 0.15) is 6.20 Å². The van der Waals surface area contributed by atoms with Gasteiger partial charge in [-0.3, -0.25) is 9.89 Å². The van der Waals surface area contributed by atoms with Crippen molar-refractivity contribution in [1.82, 2.24) is 19.8 Å². The molecular weight excluding hydrogens is 212 g/mol. The molecule has 0 saturated carbocycles. The van der Waals surface area contributed by atoms with Crippen LogP contribution in [-0.4, -0.2) is 19.8 Å². The first-order valence-corrected chi connectivity index (χ1v) is 3.65. The number of H-pyrrole nitrogens is 1. The molecule has 1 N–H and O–H groups in total. The number of hydrogen-bond acceptors (Lipinski definition) is 3. The number of nitrogens with one attached hydrogen (secondary N) is 1. The minimum Gasteiger partial charge on any atom is -0.296 e. The van der Waals surface area contributed by atoms with E-state index in [0.717, 1.165) is 10.7 Å². The number of aromatic amines is 1. The summed E-state index contributed by atoms with van der Waals surface area (Å²) in [6, 6.07) is 0. The Bertz CT molecular complexity index is 445. The smallest absolute Gasteiger partial charge is 0.291 e. The van der Waals surface area contributed by atoms with E-state index >= 15 is 0 Å². The first kappa shape index (κ1) is 6.53. The molecule has 56 valence electrons. The zero-order chi connectivity index (χ0) is 7.84. The van der Waals surface area contributed by atoms with Crippen LogP contribution in [-0.2, 0) is 0 Å². The molecule has 5 nitrogen and oxygen atoms in total. The maximum absolute atomic E-state index is 11.0. The van der Waals surface area contributed by atoms with Gasteiger partial charge in [-0.2, -0.15) is 9.61 Å². The Balaban J connectivity index is 3.06. The van der Waals surface area contributed by atoms with Gasteiger partial charge in [0.15, 0.2) is 5.65 Å². The topological polar surface area (TPSA) is 63.0 Å². The molecule has 2 aromatic heterocycles. The largest absolute Gasteiger partial charge is 0.296 e. The molecule has 0 aliphatic rings. The second-order valence-corrected chi connectivity index (χ2v) is 2.82. The van der Waals surface area contributed by atoms with E-state index in [1.807, 2.05) is 0 Å². The maximum atomic E-state index is 11.0. The number of fused-ring (bicyclic) bond motifs is 1. The van der Waals surface area contributed by atoms with E-state index in [4.69, 9.17) is 0 Å². The molecule has 0 amide bonds. The van der Waals surface area contributed by atoms with Crippen LogP contribution < -0.4 is 5.56 Å². The standard InChI is InChI=1S/C5H3BrN4O/c6-3-1-8-10-4(11)2-7-9-5(3)10/h1-2,8H. The molecule has 0 bridgehead atoms. The van der Waals surface area contributed by atoms with Crippen LogP contribution in [0, 0.1) is 0 Å². The van der Waals surface area contributed by atoms with Crippen molar-refractivity contribution in [3.63, 3.8) is 0 Å². The lowest BCUT2D eigenvalue weighted by Crippen LogP contribution is -2.14. The van der Waals surface area contributed by atoms with E-state index in [2.05, 4.69) is 31.2 Å². The zero-order valence-corrected chi connectivity index (χ0v) is 6.87. The maximum Gasteiger partial charge on any atom is 0.291 e. The van der Waals surface area contributed by atoms with Crippen LogP contribution in [0.3, 0.4) is 0 Å². The molecule has 0 radical (unpaired) electrons. The van der Waals surface area contributed by atoms with Crippen LogP contribution in [0.25, 0.3) is 5.65 Å². The summed E-state index contributed by atoms with van der Waals surface area (Å²) >= 11 is 3.21. The lowest BCUT2D eigenvalue weighted by atomic mass is 10.7. The summed E-state index contributed by atoms with van der Waals surface area (Å²) < 4.78 is 2.03. The molecule has 0 fully saturated rings. The van der Waals surface area contributed by atoms with Gasteiger partial charge < -0.3 is 0 Å². The van der Waals surface area contributed by atoms with Crippen LogP contribution in [0.15, 0.2) is 21.7 Å². The number of nitrogens with zero attached hydrogens (tertiary/aromatic N) is 3. The lowest BCUT2D eigenvalue weighted by molar-refractivity contribution is 0.852. The Kier molecular flexibility index (Phi) is 1.28. The van der Waals surface area contributed by atoms with Gasteiger partial charge in [-0.05, 0) is 15.9 Å². The molecule has 2 heterocycles. The van der Waals surface area contributed by atoms with Crippen LogP contribution in [0.1, 0.15) is 0 Å². The molecule has 0 unspecified atom stereocenters. The predicted octanol–water partition coefficient (Wildman–Crippen LogP) is 0.180. The minimum atomic E-state index is -0.222. The first-order chi connectivity index (χ1) is 5.29. The number of hydrogen-bond donors (Lipinski definition) is 1. The Hall–Kier alpha value is -1.17. The number of aromatic nitrogens is 4. The molecule has 0 spiro atoms. The van der Waals surface area contributed by atoms with Gasteiger partial charge in [-0.15, -0.1) is 5.10 Å². The molecule has 11 heavy (non-hydrogen) atoms. The third-order valence-electron chi connectivity index (χ3n) is 1.29.